The zero-order chi connectivity index (χ0) is 25.1. The van der Waals surface area contributed by atoms with Gasteiger partial charge in [-0.1, -0.05) is 0 Å². The van der Waals surface area contributed by atoms with Gasteiger partial charge in [-0.2, -0.15) is 0 Å². The molecular formula is C29H37ILrN5O2-3. The van der Waals surface area contributed by atoms with Gasteiger partial charge in [0.25, 0.3) is 0 Å². The number of benzene rings is 1. The Morgan fingerprint density at radius 2 is 1.87 bits per heavy atom. The van der Waals surface area contributed by atoms with Crippen molar-refractivity contribution in [2.75, 3.05) is 0 Å². The largest absolute Gasteiger partial charge is 0.358 e. The molecule has 4 aromatic rings. The fraction of sp³-hybridized carbons (Fsp3) is 0.448. The van der Waals surface area contributed by atoms with Gasteiger partial charge in [0.15, 0.2) is 0 Å². The molecular weight excluding hydrogens is 839 g/mol. The Balaban J connectivity index is 0.00000200. The van der Waals surface area contributed by atoms with Gasteiger partial charge in [0.1, 0.15) is 0 Å². The average molecular weight is 877 g/mol. The third-order valence-corrected chi connectivity index (χ3v) is 10.7. The molecule has 5 rings (SSSR count). The molecule has 0 amide bonds. The van der Waals surface area contributed by atoms with E-state index in [0.717, 1.165) is 29.7 Å². The summed E-state index contributed by atoms with van der Waals surface area (Å²) >= 11 is -0.586. The summed E-state index contributed by atoms with van der Waals surface area (Å²) in [5.74, 6) is 2.38. The third-order valence-electron chi connectivity index (χ3n) is 7.06. The number of halogens is 1. The zero-order valence-electron chi connectivity index (χ0n) is 22.4. The monoisotopic (exact) mass is 876 g/mol. The van der Waals surface area contributed by atoms with Gasteiger partial charge in [0.2, 0.25) is 0 Å². The molecule has 1 aliphatic carbocycles. The summed E-state index contributed by atoms with van der Waals surface area (Å²) in [6, 6.07) is 11.4. The molecule has 38 heavy (non-hydrogen) atoms. The van der Waals surface area contributed by atoms with Crippen LogP contribution in [0.5, 0.6) is 0 Å². The Hall–Kier alpha value is -3.49. The van der Waals surface area contributed by atoms with Crippen molar-refractivity contribution in [2.45, 2.75) is 82.1 Å². The van der Waals surface area contributed by atoms with Crippen LogP contribution in [0.3, 0.4) is 0 Å². The van der Waals surface area contributed by atoms with Gasteiger partial charge in [-0.25, -0.2) is 0 Å². The van der Waals surface area contributed by atoms with E-state index in [-0.39, 0.29) is 18.7 Å². The van der Waals surface area contributed by atoms with E-state index in [1.807, 2.05) is 46.1 Å². The molecule has 0 saturated heterocycles. The zero-order valence-corrected chi connectivity index (χ0v) is 26.7. The maximum absolute atomic E-state index is 13.8. The number of aromatic nitrogens is 5. The predicted octanol–water partition coefficient (Wildman–Crippen LogP) is 2.16. The Morgan fingerprint density at radius 3 is 2.68 bits per heavy atom. The Labute approximate surface area is 229 Å². The molecule has 215 valence electrons. The van der Waals surface area contributed by atoms with Crippen LogP contribution >= 0.6 is 0 Å². The maximum Gasteiger partial charge on any atom is 0 e. The first-order valence-electron chi connectivity index (χ1n) is 13.0. The molecule has 0 aliphatic heterocycles. The Kier molecular flexibility index (Phi) is 9.83. The number of hydrogen-bond acceptors (Lipinski definition) is 4. The van der Waals surface area contributed by atoms with Crippen LogP contribution in [-0.4, -0.2) is 25.9 Å². The van der Waals surface area contributed by atoms with Crippen LogP contribution in [0.2, 0.25) is 0 Å². The number of aryl methyl sites for hydroxylation is 3. The first kappa shape index (κ1) is 29.1. The normalized spacial score (nSPS) is 17.3. The summed E-state index contributed by atoms with van der Waals surface area (Å²) in [4.78, 5) is 31.6. The molecule has 0 N–H and O–H groups in total. The molecule has 1 radical (unpaired) electrons. The molecule has 1 aliphatic rings. The third kappa shape index (κ3) is 6.31. The van der Waals surface area contributed by atoms with Gasteiger partial charge >= 0.3 is 223 Å². The van der Waals surface area contributed by atoms with E-state index in [1.54, 1.807) is 16.5 Å². The van der Waals surface area contributed by atoms with Gasteiger partial charge < -0.3 is 7.43 Å². The summed E-state index contributed by atoms with van der Waals surface area (Å²) in [6.07, 6.45) is 12.1. The summed E-state index contributed by atoms with van der Waals surface area (Å²) in [5, 5.41) is 5.17. The summed E-state index contributed by atoms with van der Waals surface area (Å²) in [7, 11) is 0. The van der Waals surface area contributed by atoms with E-state index in [9.17, 15) is 9.59 Å². The second-order valence-electron chi connectivity index (χ2n) is 9.96. The molecule has 1 atom stereocenters. The molecule has 1 aromatic carbocycles. The second kappa shape index (κ2) is 12.8. The van der Waals surface area contributed by atoms with Crippen LogP contribution in [0.4, 0.5) is 0 Å². The van der Waals surface area contributed by atoms with Gasteiger partial charge in [-0.3, -0.25) is 0 Å². The molecule has 9 heteroatoms. The molecule has 1 unspecified atom stereocenters. The van der Waals surface area contributed by atoms with Crippen LogP contribution in [-0.2, 0) is 13.0 Å². The van der Waals surface area contributed by atoms with Crippen LogP contribution < -0.4 is 32.7 Å². The van der Waals surface area contributed by atoms with Crippen LogP contribution in [0.15, 0.2) is 52.2 Å². The van der Waals surface area contributed by atoms with E-state index >= 15 is 0 Å². The minimum atomic E-state index is -0.586. The Morgan fingerprint density at radius 1 is 1.05 bits per heavy atom. The van der Waals surface area contributed by atoms with Gasteiger partial charge in [-0.15, -0.1) is 0 Å². The van der Waals surface area contributed by atoms with Crippen molar-refractivity contribution in [3.63, 3.8) is 0 Å². The van der Waals surface area contributed by atoms with E-state index in [4.69, 9.17) is 4.98 Å². The maximum atomic E-state index is 13.8. The molecule has 1 saturated carbocycles. The average Bonchev–Trinajstić information content (AvgIpc) is 3.20. The number of nitrogens with zero attached hydrogens (tertiary/aromatic N) is 5. The summed E-state index contributed by atoms with van der Waals surface area (Å²) < 4.78 is 5.60. The second-order valence-corrected chi connectivity index (χ2v) is 13.2. The van der Waals surface area contributed by atoms with Crippen LogP contribution in [0.1, 0.15) is 69.7 Å². The summed E-state index contributed by atoms with van der Waals surface area (Å²) in [5.41, 5.74) is 2.37. The van der Waals surface area contributed by atoms with E-state index < -0.39 is 21.5 Å². The van der Waals surface area contributed by atoms with Crippen molar-refractivity contribution in [2.24, 2.45) is 0 Å². The minimum absolute atomic E-state index is 0. The van der Waals surface area contributed by atoms with E-state index in [0.29, 0.717) is 27.9 Å². The van der Waals surface area contributed by atoms with Crippen molar-refractivity contribution >= 4 is 16.6 Å². The number of fused-ring (bicyclic) bond motifs is 2. The smallest absolute Gasteiger partial charge is 0 e. The van der Waals surface area contributed by atoms with Crippen molar-refractivity contribution in [3.8, 4) is 0 Å². The van der Waals surface area contributed by atoms with Crippen molar-refractivity contribution < 1.29 is 21.5 Å². The minimum Gasteiger partial charge on any atom is -0.358 e. The van der Waals surface area contributed by atoms with E-state index in [1.165, 1.54) is 43.2 Å². The summed E-state index contributed by atoms with van der Waals surface area (Å²) in [6.45, 7) is 4.71. The first-order chi connectivity index (χ1) is 17.5. The number of rotatable bonds is 5. The predicted molar refractivity (Wildman–Crippen MR) is 145 cm³/mol. The van der Waals surface area contributed by atoms with Crippen molar-refractivity contribution in [3.05, 3.63) is 88.2 Å². The molecule has 3 heterocycles. The first-order valence-corrected chi connectivity index (χ1v) is 15.2. The molecule has 3 aromatic heterocycles. The standard InChI is InChI=1S/C28H34IN5O2.CH3.Lr/c1-20-9-5-3-4-6-10-22(14-12-20)29-34-25(30-24-19-21(2)13-15-23(24)27(34)35)16-18-33-28(36)32-17-8-7-11-26(32)31-33;;/h7-8,11,13,15,17,19,22H,3-6,9-10,12,14,16,18H2,1-2H3;1H3;/q-2;-1;. The van der Waals surface area contributed by atoms with Gasteiger partial charge in [0, 0.05) is 0 Å². The van der Waals surface area contributed by atoms with E-state index in [2.05, 4.69) is 12.0 Å². The Bertz CT molecular complexity index is 1480. The van der Waals surface area contributed by atoms with Crippen molar-refractivity contribution in [1.82, 2.24) is 21.9 Å². The van der Waals surface area contributed by atoms with Crippen molar-refractivity contribution in [1.29, 1.82) is 0 Å². The topological polar surface area (TPSA) is 74.2 Å². The fourth-order valence-electron chi connectivity index (χ4n) is 4.95. The molecule has 0 bridgehead atoms. The van der Waals surface area contributed by atoms with Gasteiger partial charge in [0.05, 0.1) is 0 Å². The number of alkyl halides is 1. The molecule has 7 nitrogen and oxygen atoms in total. The quantitative estimate of drug-likeness (QED) is 0.175. The van der Waals surface area contributed by atoms with Gasteiger partial charge in [-0.05, 0) is 0 Å². The molecule has 0 spiro atoms. The van der Waals surface area contributed by atoms with Crippen LogP contribution in [0, 0.1) is 20.3 Å². The molecule has 1 fully saturated rings. The van der Waals surface area contributed by atoms with Crippen LogP contribution in [0.25, 0.3) is 16.6 Å². The number of hydrogen-bond donors (Lipinski definition) is 0. The number of pyridine rings is 1. The SMILES string of the molecule is Cc1ccc2c(=O)n([I-]C3CCCCCC[C-](C)CC3)c(CCn3nc4ccccn4c3=O)nc2c1.[CH3-].[Lr]. The fourth-order valence-corrected chi connectivity index (χ4v) is 8.23.